The fourth-order valence-corrected chi connectivity index (χ4v) is 2.44. The molecule has 0 aliphatic carbocycles. The first-order valence-corrected chi connectivity index (χ1v) is 7.14. The van der Waals surface area contributed by atoms with Gasteiger partial charge >= 0.3 is 0 Å². The number of hydrogen-bond acceptors (Lipinski definition) is 2. The van der Waals surface area contributed by atoms with Crippen LogP contribution in [0.5, 0.6) is 0 Å². The summed E-state index contributed by atoms with van der Waals surface area (Å²) < 4.78 is 0. The second-order valence-corrected chi connectivity index (χ2v) is 6.13. The smallest absolute Gasteiger partial charge is 0.0367 e. The van der Waals surface area contributed by atoms with Crippen molar-refractivity contribution in [1.82, 2.24) is 0 Å². The van der Waals surface area contributed by atoms with Crippen LogP contribution in [0.1, 0.15) is 31.4 Å². The molecule has 0 spiro atoms. The molecule has 0 atom stereocenters. The Bertz CT molecular complexity index is 539. The summed E-state index contributed by atoms with van der Waals surface area (Å²) in [5.41, 5.74) is 10.4. The van der Waals surface area contributed by atoms with E-state index in [2.05, 4.69) is 62.5 Å². The van der Waals surface area contributed by atoms with Crippen molar-refractivity contribution in [3.63, 3.8) is 0 Å². The van der Waals surface area contributed by atoms with Crippen molar-refractivity contribution in [2.45, 2.75) is 39.2 Å². The Balaban J connectivity index is 1.99. The number of nitrogen functional groups attached to an aromatic ring is 1. The van der Waals surface area contributed by atoms with Gasteiger partial charge in [0.2, 0.25) is 0 Å². The highest BCUT2D eigenvalue weighted by Crippen LogP contribution is 2.23. The minimum Gasteiger partial charge on any atom is -0.399 e. The van der Waals surface area contributed by atoms with Gasteiger partial charge in [-0.3, -0.25) is 0 Å². The van der Waals surface area contributed by atoms with E-state index in [9.17, 15) is 0 Å². The van der Waals surface area contributed by atoms with E-state index in [1.54, 1.807) is 0 Å². The van der Waals surface area contributed by atoms with Crippen molar-refractivity contribution in [2.75, 3.05) is 11.1 Å². The highest BCUT2D eigenvalue weighted by atomic mass is 15.0. The van der Waals surface area contributed by atoms with Gasteiger partial charge < -0.3 is 11.1 Å². The van der Waals surface area contributed by atoms with Gasteiger partial charge in [-0.2, -0.15) is 0 Å². The number of nitrogens with one attached hydrogen (secondary N) is 1. The van der Waals surface area contributed by atoms with Crippen LogP contribution in [0.15, 0.2) is 48.5 Å². The Hall–Kier alpha value is -1.96. The van der Waals surface area contributed by atoms with Crippen LogP contribution in [0.2, 0.25) is 0 Å². The zero-order valence-electron chi connectivity index (χ0n) is 12.6. The SMILES string of the molecule is Cc1cc(N)cc(NC(C)(C)CCc2ccccc2)c1. The molecule has 0 bridgehead atoms. The summed E-state index contributed by atoms with van der Waals surface area (Å²) >= 11 is 0. The van der Waals surface area contributed by atoms with Gasteiger partial charge in [-0.15, -0.1) is 0 Å². The second kappa shape index (κ2) is 6.00. The standard InChI is InChI=1S/C18H24N2/c1-14-11-16(19)13-17(12-14)20-18(2,3)10-9-15-7-5-4-6-8-15/h4-8,11-13,20H,9-10,19H2,1-3H3. The van der Waals surface area contributed by atoms with E-state index in [0.29, 0.717) is 0 Å². The molecule has 0 saturated heterocycles. The normalized spacial score (nSPS) is 11.3. The molecule has 0 heterocycles. The van der Waals surface area contributed by atoms with Crippen molar-refractivity contribution in [1.29, 1.82) is 0 Å². The molecule has 0 aliphatic heterocycles. The predicted octanol–water partition coefficient (Wildman–Crippen LogP) is 4.40. The molecule has 0 amide bonds. The minimum absolute atomic E-state index is 0.0378. The average molecular weight is 268 g/mol. The zero-order valence-corrected chi connectivity index (χ0v) is 12.6. The zero-order chi connectivity index (χ0) is 14.6. The van der Waals surface area contributed by atoms with Gasteiger partial charge in [-0.1, -0.05) is 30.3 Å². The molecule has 0 saturated carbocycles. The predicted molar refractivity (Wildman–Crippen MR) is 88.1 cm³/mol. The Kier molecular flexibility index (Phi) is 4.33. The third-order valence-electron chi connectivity index (χ3n) is 3.46. The van der Waals surface area contributed by atoms with E-state index in [1.807, 2.05) is 12.1 Å². The van der Waals surface area contributed by atoms with Crippen LogP contribution in [0.3, 0.4) is 0 Å². The largest absolute Gasteiger partial charge is 0.399 e. The Morgan fingerprint density at radius 3 is 2.40 bits per heavy atom. The third-order valence-corrected chi connectivity index (χ3v) is 3.46. The van der Waals surface area contributed by atoms with Gasteiger partial charge in [-0.05, 0) is 62.9 Å². The maximum Gasteiger partial charge on any atom is 0.0367 e. The molecule has 0 fully saturated rings. The lowest BCUT2D eigenvalue weighted by molar-refractivity contribution is 0.518. The summed E-state index contributed by atoms with van der Waals surface area (Å²) in [4.78, 5) is 0. The molecule has 3 N–H and O–H groups in total. The molecule has 2 nitrogen and oxygen atoms in total. The molecule has 0 aromatic heterocycles. The quantitative estimate of drug-likeness (QED) is 0.789. The summed E-state index contributed by atoms with van der Waals surface area (Å²) in [5.74, 6) is 0. The van der Waals surface area contributed by atoms with Crippen molar-refractivity contribution in [2.24, 2.45) is 0 Å². The van der Waals surface area contributed by atoms with Crippen LogP contribution in [0.4, 0.5) is 11.4 Å². The number of aryl methyl sites for hydroxylation is 2. The van der Waals surface area contributed by atoms with Gasteiger partial charge in [0.15, 0.2) is 0 Å². The second-order valence-electron chi connectivity index (χ2n) is 6.13. The topological polar surface area (TPSA) is 38.0 Å². The maximum absolute atomic E-state index is 5.90. The van der Waals surface area contributed by atoms with Crippen LogP contribution in [-0.4, -0.2) is 5.54 Å². The molecule has 0 aliphatic rings. The van der Waals surface area contributed by atoms with Gasteiger partial charge in [0.05, 0.1) is 0 Å². The lowest BCUT2D eigenvalue weighted by Gasteiger charge is -2.28. The first kappa shape index (κ1) is 14.4. The molecular formula is C18H24N2. The molecule has 0 radical (unpaired) electrons. The first-order valence-electron chi connectivity index (χ1n) is 7.14. The Morgan fingerprint density at radius 1 is 1.05 bits per heavy atom. The summed E-state index contributed by atoms with van der Waals surface area (Å²) in [6.07, 6.45) is 2.15. The van der Waals surface area contributed by atoms with Crippen LogP contribution >= 0.6 is 0 Å². The number of rotatable bonds is 5. The van der Waals surface area contributed by atoms with Crippen LogP contribution < -0.4 is 11.1 Å². The number of nitrogens with two attached hydrogens (primary N) is 1. The molecule has 2 heteroatoms. The lowest BCUT2D eigenvalue weighted by atomic mass is 9.94. The summed E-state index contributed by atoms with van der Waals surface area (Å²) in [6.45, 7) is 6.53. The molecular weight excluding hydrogens is 244 g/mol. The molecule has 2 aromatic rings. The van der Waals surface area contributed by atoms with E-state index < -0.39 is 0 Å². The van der Waals surface area contributed by atoms with Crippen molar-refractivity contribution in [3.05, 3.63) is 59.7 Å². The lowest BCUT2D eigenvalue weighted by Crippen LogP contribution is -2.31. The van der Waals surface area contributed by atoms with E-state index in [4.69, 9.17) is 5.73 Å². The molecule has 2 aromatic carbocycles. The van der Waals surface area contributed by atoms with Gasteiger partial charge in [-0.25, -0.2) is 0 Å². The van der Waals surface area contributed by atoms with Crippen molar-refractivity contribution >= 4 is 11.4 Å². The van der Waals surface area contributed by atoms with Gasteiger partial charge in [0.1, 0.15) is 0 Å². The first-order chi connectivity index (χ1) is 9.44. The highest BCUT2D eigenvalue weighted by molar-refractivity contribution is 5.57. The summed E-state index contributed by atoms with van der Waals surface area (Å²) in [6, 6.07) is 16.7. The van der Waals surface area contributed by atoms with Gasteiger partial charge in [0, 0.05) is 16.9 Å². The van der Waals surface area contributed by atoms with E-state index in [1.165, 1.54) is 11.1 Å². The Labute approximate surface area is 122 Å². The van der Waals surface area contributed by atoms with Crippen LogP contribution in [0.25, 0.3) is 0 Å². The maximum atomic E-state index is 5.90. The highest BCUT2D eigenvalue weighted by Gasteiger charge is 2.17. The fraction of sp³-hybridized carbons (Fsp3) is 0.333. The summed E-state index contributed by atoms with van der Waals surface area (Å²) in [5, 5.41) is 3.59. The van der Waals surface area contributed by atoms with Crippen molar-refractivity contribution < 1.29 is 0 Å². The molecule has 0 unspecified atom stereocenters. The monoisotopic (exact) mass is 268 g/mol. The summed E-state index contributed by atoms with van der Waals surface area (Å²) in [7, 11) is 0. The van der Waals surface area contributed by atoms with E-state index >= 15 is 0 Å². The average Bonchev–Trinajstić information content (AvgIpc) is 2.36. The van der Waals surface area contributed by atoms with Crippen LogP contribution in [0, 0.1) is 6.92 Å². The van der Waals surface area contributed by atoms with Crippen molar-refractivity contribution in [3.8, 4) is 0 Å². The molecule has 106 valence electrons. The Morgan fingerprint density at radius 2 is 1.75 bits per heavy atom. The molecule has 2 rings (SSSR count). The number of benzene rings is 2. The third kappa shape index (κ3) is 4.30. The number of hydrogen-bond donors (Lipinski definition) is 2. The van der Waals surface area contributed by atoms with Crippen LogP contribution in [-0.2, 0) is 6.42 Å². The van der Waals surface area contributed by atoms with E-state index in [-0.39, 0.29) is 5.54 Å². The van der Waals surface area contributed by atoms with E-state index in [0.717, 1.165) is 24.2 Å². The number of anilines is 2. The fourth-order valence-electron chi connectivity index (χ4n) is 2.44. The molecule has 20 heavy (non-hydrogen) atoms. The minimum atomic E-state index is 0.0378. The van der Waals surface area contributed by atoms with Gasteiger partial charge in [0.25, 0.3) is 0 Å².